The summed E-state index contributed by atoms with van der Waals surface area (Å²) in [6.07, 6.45) is 3.99. The van der Waals surface area contributed by atoms with Crippen LogP contribution in [0.15, 0.2) is 30.3 Å². The number of fused-ring (bicyclic) bond motifs is 1. The fraction of sp³-hybridized carbons (Fsp3) is 0.429. The summed E-state index contributed by atoms with van der Waals surface area (Å²) in [5.41, 5.74) is 2.78. The maximum absolute atomic E-state index is 12.5. The Labute approximate surface area is 158 Å². The number of anilines is 1. The molecule has 0 saturated heterocycles. The molecule has 2 aromatic rings. The summed E-state index contributed by atoms with van der Waals surface area (Å²) in [5.74, 6) is 0.224. The number of aryl methyl sites for hydroxylation is 1. The van der Waals surface area contributed by atoms with Gasteiger partial charge < -0.3 is 10.1 Å². The molecule has 1 aliphatic carbocycles. The quantitative estimate of drug-likeness (QED) is 0.754. The molecule has 1 N–H and O–H groups in total. The normalized spacial score (nSPS) is 16.0. The first-order valence-electron chi connectivity index (χ1n) is 9.24. The van der Waals surface area contributed by atoms with Crippen LogP contribution in [-0.2, 0) is 28.8 Å². The lowest BCUT2D eigenvalue weighted by Crippen LogP contribution is -2.16. The maximum atomic E-state index is 12.5. The Morgan fingerprint density at radius 2 is 2.04 bits per heavy atom. The molecule has 0 radical (unpaired) electrons. The van der Waals surface area contributed by atoms with Crippen molar-refractivity contribution in [2.75, 3.05) is 11.9 Å². The first-order valence-corrected chi connectivity index (χ1v) is 10.1. The standard InChI is InChI=1S/C21H25NO3S/c1-3-25-21(24)19-16-11-9-14(2)13-17(16)26-20(19)22-18(23)12-10-15-7-5-4-6-8-15/h4-8,14H,3,9-13H2,1-2H3,(H,22,23). The van der Waals surface area contributed by atoms with Crippen LogP contribution in [0.25, 0.3) is 0 Å². The number of nitrogens with one attached hydrogen (secondary N) is 1. The van der Waals surface area contributed by atoms with Crippen molar-refractivity contribution in [3.05, 3.63) is 51.9 Å². The molecule has 1 aromatic carbocycles. The Balaban J connectivity index is 1.75. The molecule has 5 heteroatoms. The molecule has 138 valence electrons. The minimum Gasteiger partial charge on any atom is -0.462 e. The van der Waals surface area contributed by atoms with E-state index < -0.39 is 0 Å². The summed E-state index contributed by atoms with van der Waals surface area (Å²) in [5, 5.41) is 3.62. The minimum absolute atomic E-state index is 0.0638. The largest absolute Gasteiger partial charge is 0.462 e. The van der Waals surface area contributed by atoms with Gasteiger partial charge in [-0.3, -0.25) is 4.79 Å². The molecule has 0 bridgehead atoms. The Kier molecular flexibility index (Phi) is 6.09. The van der Waals surface area contributed by atoms with E-state index in [2.05, 4.69) is 12.2 Å². The van der Waals surface area contributed by atoms with Gasteiger partial charge in [0.15, 0.2) is 0 Å². The van der Waals surface area contributed by atoms with Gasteiger partial charge in [0.2, 0.25) is 5.91 Å². The fourth-order valence-electron chi connectivity index (χ4n) is 3.35. The van der Waals surface area contributed by atoms with Gasteiger partial charge >= 0.3 is 5.97 Å². The molecule has 1 amide bonds. The van der Waals surface area contributed by atoms with Crippen LogP contribution in [0.2, 0.25) is 0 Å². The van der Waals surface area contributed by atoms with Gasteiger partial charge in [0.25, 0.3) is 0 Å². The van der Waals surface area contributed by atoms with Crippen molar-refractivity contribution in [1.29, 1.82) is 0 Å². The number of benzene rings is 1. The smallest absolute Gasteiger partial charge is 0.341 e. The van der Waals surface area contributed by atoms with Crippen molar-refractivity contribution in [3.8, 4) is 0 Å². The monoisotopic (exact) mass is 371 g/mol. The Hall–Kier alpha value is -2.14. The summed E-state index contributed by atoms with van der Waals surface area (Å²) in [6.45, 7) is 4.36. The molecule has 3 rings (SSSR count). The average molecular weight is 372 g/mol. The predicted molar refractivity (Wildman–Crippen MR) is 105 cm³/mol. The number of hydrogen-bond donors (Lipinski definition) is 1. The van der Waals surface area contributed by atoms with E-state index in [4.69, 9.17) is 4.74 Å². The minimum atomic E-state index is -0.321. The molecule has 1 atom stereocenters. The molecule has 0 fully saturated rings. The van der Waals surface area contributed by atoms with E-state index in [9.17, 15) is 9.59 Å². The molecule has 0 saturated carbocycles. The molecule has 1 aromatic heterocycles. The second-order valence-corrected chi connectivity index (χ2v) is 7.92. The van der Waals surface area contributed by atoms with Gasteiger partial charge in [-0.15, -0.1) is 11.3 Å². The zero-order valence-corrected chi connectivity index (χ0v) is 16.2. The van der Waals surface area contributed by atoms with Crippen molar-refractivity contribution >= 4 is 28.2 Å². The van der Waals surface area contributed by atoms with E-state index in [0.29, 0.717) is 35.9 Å². The lowest BCUT2D eigenvalue weighted by Gasteiger charge is -2.18. The second-order valence-electron chi connectivity index (χ2n) is 6.81. The molecular weight excluding hydrogens is 346 g/mol. The molecule has 1 heterocycles. The van der Waals surface area contributed by atoms with Gasteiger partial charge in [-0.05, 0) is 49.7 Å². The van der Waals surface area contributed by atoms with Crippen LogP contribution in [-0.4, -0.2) is 18.5 Å². The van der Waals surface area contributed by atoms with Gasteiger partial charge in [-0.2, -0.15) is 0 Å². The van der Waals surface area contributed by atoms with E-state index in [1.807, 2.05) is 30.3 Å². The van der Waals surface area contributed by atoms with E-state index in [1.54, 1.807) is 6.92 Å². The Morgan fingerprint density at radius 3 is 2.77 bits per heavy atom. The van der Waals surface area contributed by atoms with Gasteiger partial charge in [0.05, 0.1) is 12.2 Å². The van der Waals surface area contributed by atoms with Gasteiger partial charge in [0, 0.05) is 11.3 Å². The van der Waals surface area contributed by atoms with Gasteiger partial charge in [0.1, 0.15) is 5.00 Å². The molecule has 1 unspecified atom stereocenters. The zero-order chi connectivity index (χ0) is 18.5. The molecule has 0 aliphatic heterocycles. The molecule has 4 nitrogen and oxygen atoms in total. The van der Waals surface area contributed by atoms with Gasteiger partial charge in [-0.25, -0.2) is 4.79 Å². The fourth-order valence-corrected chi connectivity index (χ4v) is 4.76. The van der Waals surface area contributed by atoms with E-state index in [1.165, 1.54) is 16.2 Å². The van der Waals surface area contributed by atoms with Crippen LogP contribution >= 0.6 is 11.3 Å². The van der Waals surface area contributed by atoms with Crippen LogP contribution in [0.4, 0.5) is 5.00 Å². The highest BCUT2D eigenvalue weighted by atomic mass is 32.1. The number of amides is 1. The SMILES string of the molecule is CCOC(=O)c1c(NC(=O)CCc2ccccc2)sc2c1CCC(C)C2. The molecule has 0 spiro atoms. The van der Waals surface area contributed by atoms with E-state index >= 15 is 0 Å². The van der Waals surface area contributed by atoms with Crippen molar-refractivity contribution in [3.63, 3.8) is 0 Å². The number of ether oxygens (including phenoxy) is 1. The Bertz CT molecular complexity index is 782. The predicted octanol–water partition coefficient (Wildman–Crippen LogP) is 4.62. The Morgan fingerprint density at radius 1 is 1.27 bits per heavy atom. The summed E-state index contributed by atoms with van der Waals surface area (Å²) in [6, 6.07) is 9.94. The number of carbonyl (C=O) groups excluding carboxylic acids is 2. The highest BCUT2D eigenvalue weighted by molar-refractivity contribution is 7.17. The highest BCUT2D eigenvalue weighted by Gasteiger charge is 2.29. The lowest BCUT2D eigenvalue weighted by atomic mass is 9.88. The summed E-state index contributed by atoms with van der Waals surface area (Å²) in [7, 11) is 0. The van der Waals surface area contributed by atoms with Crippen LogP contribution in [0.3, 0.4) is 0 Å². The third kappa shape index (κ3) is 4.33. The lowest BCUT2D eigenvalue weighted by molar-refractivity contribution is -0.116. The summed E-state index contributed by atoms with van der Waals surface area (Å²) >= 11 is 1.54. The maximum Gasteiger partial charge on any atom is 0.341 e. The van der Waals surface area contributed by atoms with Crippen LogP contribution in [0, 0.1) is 5.92 Å². The average Bonchev–Trinajstić information content (AvgIpc) is 2.98. The third-order valence-electron chi connectivity index (χ3n) is 4.73. The molecule has 26 heavy (non-hydrogen) atoms. The number of esters is 1. The summed E-state index contributed by atoms with van der Waals surface area (Å²) < 4.78 is 5.25. The van der Waals surface area contributed by atoms with E-state index in [-0.39, 0.29) is 11.9 Å². The summed E-state index contributed by atoms with van der Waals surface area (Å²) in [4.78, 5) is 26.1. The van der Waals surface area contributed by atoms with Crippen molar-refractivity contribution in [1.82, 2.24) is 0 Å². The second kappa shape index (κ2) is 8.49. The molecule has 1 aliphatic rings. The van der Waals surface area contributed by atoms with Crippen LogP contribution in [0.5, 0.6) is 0 Å². The van der Waals surface area contributed by atoms with Crippen molar-refractivity contribution in [2.45, 2.75) is 46.0 Å². The zero-order valence-electron chi connectivity index (χ0n) is 15.3. The third-order valence-corrected chi connectivity index (χ3v) is 5.90. The number of thiophene rings is 1. The number of rotatable bonds is 6. The van der Waals surface area contributed by atoms with Crippen LogP contribution in [0.1, 0.15) is 53.1 Å². The number of hydrogen-bond acceptors (Lipinski definition) is 4. The number of carbonyl (C=O) groups is 2. The van der Waals surface area contributed by atoms with E-state index in [0.717, 1.165) is 30.4 Å². The van der Waals surface area contributed by atoms with Crippen molar-refractivity contribution < 1.29 is 14.3 Å². The first kappa shape index (κ1) is 18.6. The van der Waals surface area contributed by atoms with Crippen molar-refractivity contribution in [2.24, 2.45) is 5.92 Å². The highest BCUT2D eigenvalue weighted by Crippen LogP contribution is 2.40. The van der Waals surface area contributed by atoms with Crippen LogP contribution < -0.4 is 5.32 Å². The van der Waals surface area contributed by atoms with Gasteiger partial charge in [-0.1, -0.05) is 37.3 Å². The topological polar surface area (TPSA) is 55.4 Å². The first-order chi connectivity index (χ1) is 12.6. The molecular formula is C21H25NO3S.